The second-order valence-corrected chi connectivity index (χ2v) is 6.77. The molecule has 0 unspecified atom stereocenters. The van der Waals surface area contributed by atoms with Gasteiger partial charge in [-0.15, -0.1) is 0 Å². The van der Waals surface area contributed by atoms with Crippen molar-refractivity contribution in [3.63, 3.8) is 0 Å². The molecule has 0 aromatic heterocycles. The van der Waals surface area contributed by atoms with E-state index in [0.29, 0.717) is 25.7 Å². The Morgan fingerprint density at radius 2 is 2.00 bits per heavy atom. The molecule has 1 aliphatic heterocycles. The lowest BCUT2D eigenvalue weighted by molar-refractivity contribution is -0.144. The molecule has 150 valence electrons. The third kappa shape index (κ3) is 5.43. The van der Waals surface area contributed by atoms with Crippen molar-refractivity contribution >= 4 is 11.8 Å². The first-order valence-corrected chi connectivity index (χ1v) is 8.87. The highest BCUT2D eigenvalue weighted by Crippen LogP contribution is 2.17. The van der Waals surface area contributed by atoms with E-state index in [1.165, 1.54) is 4.90 Å². The Labute approximate surface area is 156 Å². The van der Waals surface area contributed by atoms with Crippen molar-refractivity contribution in [2.45, 2.75) is 31.8 Å². The Hall–Kier alpha value is -2.13. The number of likely N-dealkylation sites (N-methyl/N-ethyl adjacent to an activating group) is 1. The molecule has 0 bridgehead atoms. The number of carbonyl (C=O) groups is 2. The molecule has 2 atom stereocenters. The molecule has 0 saturated carbocycles. The summed E-state index contributed by atoms with van der Waals surface area (Å²) < 4.78 is 40.1. The molecule has 1 aliphatic rings. The largest absolute Gasteiger partial charge is 0.352 e. The van der Waals surface area contributed by atoms with Crippen LogP contribution in [0.4, 0.5) is 13.2 Å². The minimum absolute atomic E-state index is 0.0900. The second-order valence-electron chi connectivity index (χ2n) is 6.77. The van der Waals surface area contributed by atoms with E-state index in [9.17, 15) is 22.8 Å². The quantitative estimate of drug-likeness (QED) is 0.675. The monoisotopic (exact) mass is 386 g/mol. The number of benzene rings is 1. The Bertz CT molecular complexity index is 701. The summed E-state index contributed by atoms with van der Waals surface area (Å²) >= 11 is 0. The second kappa shape index (κ2) is 9.18. The first kappa shape index (κ1) is 21.2. The van der Waals surface area contributed by atoms with Crippen LogP contribution < -0.4 is 11.1 Å². The van der Waals surface area contributed by atoms with Gasteiger partial charge in [-0.1, -0.05) is 6.92 Å². The Morgan fingerprint density at radius 1 is 1.33 bits per heavy atom. The van der Waals surface area contributed by atoms with Gasteiger partial charge in [0.25, 0.3) is 0 Å². The van der Waals surface area contributed by atoms with E-state index < -0.39 is 29.5 Å². The van der Waals surface area contributed by atoms with Gasteiger partial charge in [0.05, 0.1) is 0 Å². The van der Waals surface area contributed by atoms with Crippen molar-refractivity contribution in [2.75, 3.05) is 33.2 Å². The highest BCUT2D eigenvalue weighted by Gasteiger charge is 2.34. The van der Waals surface area contributed by atoms with Crippen LogP contribution in [0.5, 0.6) is 0 Å². The zero-order valence-electron chi connectivity index (χ0n) is 15.5. The van der Waals surface area contributed by atoms with Gasteiger partial charge < -0.3 is 20.9 Å². The summed E-state index contributed by atoms with van der Waals surface area (Å²) in [5.74, 6) is -3.90. The van der Waals surface area contributed by atoms with Crippen molar-refractivity contribution in [3.8, 4) is 0 Å². The SMILES string of the molecule is CCN(C)C[C@@H]1C(=O)NCCN1C(=O)C[C@H](N)Cc1cc(F)c(F)cc1F. The Morgan fingerprint density at radius 3 is 2.67 bits per heavy atom. The van der Waals surface area contributed by atoms with Crippen LogP contribution in [0.2, 0.25) is 0 Å². The number of nitrogens with zero attached hydrogens (tertiary/aromatic N) is 2. The molecule has 0 aliphatic carbocycles. The van der Waals surface area contributed by atoms with Gasteiger partial charge in [-0.05, 0) is 31.6 Å². The molecule has 1 fully saturated rings. The number of rotatable bonds is 7. The van der Waals surface area contributed by atoms with Crippen molar-refractivity contribution < 1.29 is 22.8 Å². The van der Waals surface area contributed by atoms with Gasteiger partial charge in [-0.25, -0.2) is 13.2 Å². The van der Waals surface area contributed by atoms with E-state index in [0.717, 1.165) is 12.6 Å². The van der Waals surface area contributed by atoms with E-state index in [1.54, 1.807) is 0 Å². The molecule has 1 aromatic rings. The van der Waals surface area contributed by atoms with E-state index in [4.69, 9.17) is 5.73 Å². The molecule has 2 amide bonds. The molecule has 27 heavy (non-hydrogen) atoms. The summed E-state index contributed by atoms with van der Waals surface area (Å²) in [5.41, 5.74) is 5.85. The maximum Gasteiger partial charge on any atom is 0.244 e. The number of piperazine rings is 1. The number of hydrogen-bond donors (Lipinski definition) is 2. The van der Waals surface area contributed by atoms with Crippen molar-refractivity contribution in [2.24, 2.45) is 5.73 Å². The highest BCUT2D eigenvalue weighted by atomic mass is 19.2. The smallest absolute Gasteiger partial charge is 0.244 e. The molecule has 3 N–H and O–H groups in total. The fourth-order valence-corrected chi connectivity index (χ4v) is 3.04. The molecule has 2 rings (SSSR count). The summed E-state index contributed by atoms with van der Waals surface area (Å²) in [7, 11) is 1.85. The predicted octanol–water partition coefficient (Wildman–Crippen LogP) is 0.643. The third-order valence-electron chi connectivity index (χ3n) is 4.68. The molecular weight excluding hydrogens is 361 g/mol. The van der Waals surface area contributed by atoms with Gasteiger partial charge in [0, 0.05) is 38.2 Å². The van der Waals surface area contributed by atoms with E-state index >= 15 is 0 Å². The number of halogens is 3. The molecular formula is C18H25F3N4O2. The zero-order valence-corrected chi connectivity index (χ0v) is 15.5. The molecule has 6 nitrogen and oxygen atoms in total. The molecule has 0 radical (unpaired) electrons. The van der Waals surface area contributed by atoms with E-state index in [1.807, 2.05) is 18.9 Å². The van der Waals surface area contributed by atoms with Gasteiger partial charge in [0.15, 0.2) is 11.6 Å². The van der Waals surface area contributed by atoms with Crippen LogP contribution in [0.3, 0.4) is 0 Å². The number of nitrogens with one attached hydrogen (secondary N) is 1. The van der Waals surface area contributed by atoms with Gasteiger partial charge in [-0.3, -0.25) is 9.59 Å². The summed E-state index contributed by atoms with van der Waals surface area (Å²) in [5, 5.41) is 2.74. The number of hydrogen-bond acceptors (Lipinski definition) is 4. The van der Waals surface area contributed by atoms with Crippen molar-refractivity contribution in [3.05, 3.63) is 35.1 Å². The fraction of sp³-hybridized carbons (Fsp3) is 0.556. The average Bonchev–Trinajstić information content (AvgIpc) is 2.61. The third-order valence-corrected chi connectivity index (χ3v) is 4.68. The van der Waals surface area contributed by atoms with Gasteiger partial charge in [-0.2, -0.15) is 0 Å². The first-order valence-electron chi connectivity index (χ1n) is 8.87. The van der Waals surface area contributed by atoms with Crippen LogP contribution in [0, 0.1) is 17.5 Å². The molecule has 9 heteroatoms. The summed E-state index contributed by atoms with van der Waals surface area (Å²) in [6.07, 6.45) is -0.244. The van der Waals surface area contributed by atoms with Crippen LogP contribution in [0.1, 0.15) is 18.9 Å². The molecule has 1 heterocycles. The highest BCUT2D eigenvalue weighted by molar-refractivity contribution is 5.89. The van der Waals surface area contributed by atoms with Gasteiger partial charge in [0.2, 0.25) is 11.8 Å². The lowest BCUT2D eigenvalue weighted by Gasteiger charge is -2.37. The summed E-state index contributed by atoms with van der Waals surface area (Å²) in [6, 6.07) is -0.192. The minimum Gasteiger partial charge on any atom is -0.352 e. The lowest BCUT2D eigenvalue weighted by atomic mass is 10.0. The Kier molecular flexibility index (Phi) is 7.20. The number of amides is 2. The summed E-state index contributed by atoms with van der Waals surface area (Å²) in [4.78, 5) is 28.2. The van der Waals surface area contributed by atoms with Crippen LogP contribution in [-0.4, -0.2) is 66.9 Å². The zero-order chi connectivity index (χ0) is 20.1. The van der Waals surface area contributed by atoms with Crippen LogP contribution >= 0.6 is 0 Å². The standard InChI is InChI=1S/C18H25F3N4O2/c1-3-24(2)10-16-18(27)23-4-5-25(16)17(26)8-12(22)6-11-7-14(20)15(21)9-13(11)19/h7,9,12,16H,3-6,8,10,22H2,1-2H3,(H,23,27)/t12-,16-/m1/s1. The number of nitrogens with two attached hydrogens (primary N) is 1. The van der Waals surface area contributed by atoms with Crippen LogP contribution in [0.15, 0.2) is 12.1 Å². The van der Waals surface area contributed by atoms with Crippen LogP contribution in [0.25, 0.3) is 0 Å². The van der Waals surface area contributed by atoms with Crippen molar-refractivity contribution in [1.82, 2.24) is 15.1 Å². The first-order chi connectivity index (χ1) is 12.7. The van der Waals surface area contributed by atoms with Crippen LogP contribution in [-0.2, 0) is 16.0 Å². The van der Waals surface area contributed by atoms with Gasteiger partial charge >= 0.3 is 0 Å². The maximum absolute atomic E-state index is 13.8. The maximum atomic E-state index is 13.8. The number of carbonyl (C=O) groups excluding carboxylic acids is 2. The molecule has 0 spiro atoms. The fourth-order valence-electron chi connectivity index (χ4n) is 3.04. The average molecular weight is 386 g/mol. The van der Waals surface area contributed by atoms with Gasteiger partial charge in [0.1, 0.15) is 11.9 Å². The van der Waals surface area contributed by atoms with E-state index in [-0.39, 0.29) is 30.2 Å². The minimum atomic E-state index is -1.27. The topological polar surface area (TPSA) is 78.7 Å². The summed E-state index contributed by atoms with van der Waals surface area (Å²) in [6.45, 7) is 3.77. The lowest BCUT2D eigenvalue weighted by Crippen LogP contribution is -2.61. The molecule has 1 saturated heterocycles. The Balaban J connectivity index is 2.03. The predicted molar refractivity (Wildman–Crippen MR) is 94.3 cm³/mol. The molecule has 1 aromatic carbocycles. The van der Waals surface area contributed by atoms with E-state index in [2.05, 4.69) is 5.32 Å². The normalized spacial score (nSPS) is 18.6. The van der Waals surface area contributed by atoms with Crippen molar-refractivity contribution in [1.29, 1.82) is 0 Å².